The zero-order valence-electron chi connectivity index (χ0n) is 12.4. The summed E-state index contributed by atoms with van der Waals surface area (Å²) in [5.74, 6) is -0.185. The number of aromatic amines is 1. The fraction of sp³-hybridized carbons (Fsp3) is 0.111. The maximum atomic E-state index is 11.2. The van der Waals surface area contributed by atoms with E-state index in [-0.39, 0.29) is 5.91 Å². The third kappa shape index (κ3) is 2.76. The SMILES string of the molecule is C=CC(=O)NCc1ccc(-c2cccc3cc(C)[nH]c23)nc1. The lowest BCUT2D eigenvalue weighted by molar-refractivity contribution is -0.116. The maximum Gasteiger partial charge on any atom is 0.243 e. The molecule has 0 radical (unpaired) electrons. The van der Waals surface area contributed by atoms with Crippen molar-refractivity contribution >= 4 is 16.8 Å². The average Bonchev–Trinajstić information content (AvgIpc) is 2.93. The number of aryl methyl sites for hydroxylation is 1. The zero-order valence-corrected chi connectivity index (χ0v) is 12.4. The van der Waals surface area contributed by atoms with Crippen molar-refractivity contribution < 1.29 is 4.79 Å². The Hall–Kier alpha value is -2.88. The van der Waals surface area contributed by atoms with E-state index < -0.39 is 0 Å². The highest BCUT2D eigenvalue weighted by Gasteiger charge is 2.07. The Morgan fingerprint density at radius 3 is 2.95 bits per heavy atom. The van der Waals surface area contributed by atoms with Gasteiger partial charge in [0.1, 0.15) is 0 Å². The number of benzene rings is 1. The van der Waals surface area contributed by atoms with Gasteiger partial charge in [0.25, 0.3) is 0 Å². The summed E-state index contributed by atoms with van der Waals surface area (Å²) in [5.41, 5.74) is 5.17. The molecule has 0 aliphatic rings. The van der Waals surface area contributed by atoms with Gasteiger partial charge >= 0.3 is 0 Å². The highest BCUT2D eigenvalue weighted by atomic mass is 16.1. The number of H-pyrrole nitrogens is 1. The van der Waals surface area contributed by atoms with Crippen LogP contribution in [0.5, 0.6) is 0 Å². The van der Waals surface area contributed by atoms with Crippen molar-refractivity contribution in [1.29, 1.82) is 0 Å². The molecular formula is C18H17N3O. The molecule has 4 nitrogen and oxygen atoms in total. The van der Waals surface area contributed by atoms with Crippen LogP contribution < -0.4 is 5.32 Å². The number of amides is 1. The average molecular weight is 291 g/mol. The predicted molar refractivity (Wildman–Crippen MR) is 88.3 cm³/mol. The first-order valence-electron chi connectivity index (χ1n) is 7.11. The maximum absolute atomic E-state index is 11.2. The molecular weight excluding hydrogens is 274 g/mol. The fourth-order valence-corrected chi connectivity index (χ4v) is 2.46. The van der Waals surface area contributed by atoms with E-state index in [1.54, 1.807) is 6.20 Å². The van der Waals surface area contributed by atoms with Gasteiger partial charge in [-0.3, -0.25) is 9.78 Å². The third-order valence-corrected chi connectivity index (χ3v) is 3.54. The Balaban J connectivity index is 1.88. The van der Waals surface area contributed by atoms with Crippen LogP contribution in [0.3, 0.4) is 0 Å². The van der Waals surface area contributed by atoms with Crippen LogP contribution in [0.4, 0.5) is 0 Å². The van der Waals surface area contributed by atoms with Gasteiger partial charge in [-0.25, -0.2) is 0 Å². The second-order valence-electron chi connectivity index (χ2n) is 5.20. The first-order chi connectivity index (χ1) is 10.7. The van der Waals surface area contributed by atoms with E-state index in [0.717, 1.165) is 28.0 Å². The van der Waals surface area contributed by atoms with Gasteiger partial charge in [0, 0.05) is 29.4 Å². The molecule has 4 heteroatoms. The molecule has 1 amide bonds. The number of carbonyl (C=O) groups is 1. The topological polar surface area (TPSA) is 57.8 Å². The molecule has 3 rings (SSSR count). The van der Waals surface area contributed by atoms with Gasteiger partial charge in [-0.15, -0.1) is 0 Å². The van der Waals surface area contributed by atoms with E-state index in [9.17, 15) is 4.79 Å². The van der Waals surface area contributed by atoms with E-state index in [1.165, 1.54) is 11.5 Å². The number of nitrogens with one attached hydrogen (secondary N) is 2. The summed E-state index contributed by atoms with van der Waals surface area (Å²) in [4.78, 5) is 19.1. The molecule has 0 atom stereocenters. The lowest BCUT2D eigenvalue weighted by atomic mass is 10.1. The van der Waals surface area contributed by atoms with Crippen LogP contribution in [0.15, 0.2) is 55.3 Å². The second-order valence-corrected chi connectivity index (χ2v) is 5.20. The van der Waals surface area contributed by atoms with Gasteiger partial charge in [0.05, 0.1) is 11.2 Å². The number of hydrogen-bond donors (Lipinski definition) is 2. The van der Waals surface area contributed by atoms with Crippen molar-refractivity contribution in [3.8, 4) is 11.3 Å². The molecule has 0 fully saturated rings. The van der Waals surface area contributed by atoms with Gasteiger partial charge in [-0.05, 0) is 30.7 Å². The minimum Gasteiger partial charge on any atom is -0.358 e. The zero-order chi connectivity index (χ0) is 15.5. The van der Waals surface area contributed by atoms with Crippen LogP contribution in [-0.2, 0) is 11.3 Å². The van der Waals surface area contributed by atoms with E-state index in [2.05, 4.69) is 40.1 Å². The molecule has 2 heterocycles. The molecule has 0 unspecified atom stereocenters. The van der Waals surface area contributed by atoms with Crippen LogP contribution in [0.25, 0.3) is 22.2 Å². The van der Waals surface area contributed by atoms with Crippen LogP contribution in [0.2, 0.25) is 0 Å². The van der Waals surface area contributed by atoms with Crippen molar-refractivity contribution in [3.63, 3.8) is 0 Å². The highest BCUT2D eigenvalue weighted by Crippen LogP contribution is 2.27. The molecule has 1 aromatic carbocycles. The molecule has 22 heavy (non-hydrogen) atoms. The normalized spacial score (nSPS) is 10.6. The van der Waals surface area contributed by atoms with Gasteiger partial charge in [-0.2, -0.15) is 0 Å². The minimum atomic E-state index is -0.185. The van der Waals surface area contributed by atoms with E-state index in [4.69, 9.17) is 0 Å². The van der Waals surface area contributed by atoms with Crippen molar-refractivity contribution in [2.75, 3.05) is 0 Å². The van der Waals surface area contributed by atoms with Gasteiger partial charge in [0.15, 0.2) is 0 Å². The Kier molecular flexibility index (Phi) is 3.74. The van der Waals surface area contributed by atoms with Crippen molar-refractivity contribution in [1.82, 2.24) is 15.3 Å². The predicted octanol–water partition coefficient (Wildman–Crippen LogP) is 3.34. The molecule has 0 bridgehead atoms. The van der Waals surface area contributed by atoms with Crippen molar-refractivity contribution in [2.45, 2.75) is 13.5 Å². The molecule has 0 saturated heterocycles. The number of nitrogens with zero attached hydrogens (tertiary/aromatic N) is 1. The summed E-state index contributed by atoms with van der Waals surface area (Å²) in [6, 6.07) is 12.2. The van der Waals surface area contributed by atoms with Crippen LogP contribution in [-0.4, -0.2) is 15.9 Å². The molecule has 2 N–H and O–H groups in total. The summed E-state index contributed by atoms with van der Waals surface area (Å²) < 4.78 is 0. The summed E-state index contributed by atoms with van der Waals surface area (Å²) in [6.45, 7) is 5.92. The summed E-state index contributed by atoms with van der Waals surface area (Å²) in [5, 5.41) is 3.92. The van der Waals surface area contributed by atoms with E-state index >= 15 is 0 Å². The molecule has 0 saturated carbocycles. The smallest absolute Gasteiger partial charge is 0.243 e. The number of aromatic nitrogens is 2. The quantitative estimate of drug-likeness (QED) is 0.724. The molecule has 0 aliphatic carbocycles. The number of hydrogen-bond acceptors (Lipinski definition) is 2. The molecule has 0 aliphatic heterocycles. The summed E-state index contributed by atoms with van der Waals surface area (Å²) in [7, 11) is 0. The third-order valence-electron chi connectivity index (χ3n) is 3.54. The molecule has 3 aromatic rings. The molecule has 0 spiro atoms. The Labute approximate surface area is 128 Å². The number of rotatable bonds is 4. The summed E-state index contributed by atoms with van der Waals surface area (Å²) >= 11 is 0. The van der Waals surface area contributed by atoms with Gasteiger partial charge in [0.2, 0.25) is 5.91 Å². The molecule has 110 valence electrons. The monoisotopic (exact) mass is 291 g/mol. The number of pyridine rings is 1. The lowest BCUT2D eigenvalue weighted by Gasteiger charge is -2.06. The first kappa shape index (κ1) is 14.1. The second kappa shape index (κ2) is 5.85. The minimum absolute atomic E-state index is 0.185. The van der Waals surface area contributed by atoms with Crippen LogP contribution in [0.1, 0.15) is 11.3 Å². The van der Waals surface area contributed by atoms with Crippen LogP contribution in [0, 0.1) is 6.92 Å². The molecule has 2 aromatic heterocycles. The Bertz CT molecular complexity index is 831. The van der Waals surface area contributed by atoms with Gasteiger partial charge in [-0.1, -0.05) is 30.8 Å². The Morgan fingerprint density at radius 2 is 2.23 bits per heavy atom. The number of para-hydroxylation sites is 1. The van der Waals surface area contributed by atoms with Crippen LogP contribution >= 0.6 is 0 Å². The Morgan fingerprint density at radius 1 is 1.36 bits per heavy atom. The first-order valence-corrected chi connectivity index (χ1v) is 7.11. The fourth-order valence-electron chi connectivity index (χ4n) is 2.46. The summed E-state index contributed by atoms with van der Waals surface area (Å²) in [6.07, 6.45) is 3.05. The largest absolute Gasteiger partial charge is 0.358 e. The standard InChI is InChI=1S/C18H17N3O/c1-3-17(22)20-11-13-7-8-16(19-10-13)15-6-4-5-14-9-12(2)21-18(14)15/h3-10,21H,1,11H2,2H3,(H,20,22). The van der Waals surface area contributed by atoms with E-state index in [1.807, 2.05) is 25.1 Å². The number of carbonyl (C=O) groups excluding carboxylic acids is 1. The lowest BCUT2D eigenvalue weighted by Crippen LogP contribution is -2.19. The highest BCUT2D eigenvalue weighted by molar-refractivity contribution is 5.93. The van der Waals surface area contributed by atoms with E-state index in [0.29, 0.717) is 6.54 Å². The van der Waals surface area contributed by atoms with Crippen molar-refractivity contribution in [3.05, 3.63) is 66.5 Å². The van der Waals surface area contributed by atoms with Crippen molar-refractivity contribution in [2.24, 2.45) is 0 Å². The van der Waals surface area contributed by atoms with Gasteiger partial charge < -0.3 is 10.3 Å². The number of fused-ring (bicyclic) bond motifs is 1.